The van der Waals surface area contributed by atoms with Gasteiger partial charge in [-0.2, -0.15) is 12.8 Å². The fraction of sp³-hybridized carbons (Fsp3) is 0.286. The summed E-state index contributed by atoms with van der Waals surface area (Å²) in [5, 5.41) is 8.89. The number of carboxylic acids is 1. The molecule has 0 aromatic carbocycles. The van der Waals surface area contributed by atoms with E-state index in [9.17, 15) is 9.59 Å². The summed E-state index contributed by atoms with van der Waals surface area (Å²) in [5.41, 5.74) is 0.255. The Morgan fingerprint density at radius 3 is 2.50 bits per heavy atom. The van der Waals surface area contributed by atoms with Crippen molar-refractivity contribution < 1.29 is 47.4 Å². The molecular weight excluding hydrogens is 333 g/mol. The van der Waals surface area contributed by atoms with Crippen LogP contribution < -0.4 is 4.90 Å². The van der Waals surface area contributed by atoms with Crippen LogP contribution in [0.25, 0.3) is 0 Å². The zero-order chi connectivity index (χ0) is 13.3. The van der Waals surface area contributed by atoms with E-state index in [0.717, 1.165) is 0 Å². The summed E-state index contributed by atoms with van der Waals surface area (Å²) in [6.45, 7) is 7.24. The maximum absolute atomic E-state index is 12.4. The first-order chi connectivity index (χ1) is 8.56. The SMILES string of the molecule is [CH2-]CC1(C[CH2-])C(=O)N(CC(=O)O)c2cccnc21.[CH3-].[Y+3]. The van der Waals surface area contributed by atoms with Crippen LogP contribution in [0.2, 0.25) is 0 Å². The summed E-state index contributed by atoms with van der Waals surface area (Å²) in [6.07, 6.45) is 2.22. The van der Waals surface area contributed by atoms with E-state index in [0.29, 0.717) is 24.2 Å². The molecule has 6 heteroatoms. The molecule has 0 radical (unpaired) electrons. The van der Waals surface area contributed by atoms with Crippen LogP contribution in [-0.4, -0.2) is 28.5 Å². The molecule has 0 unspecified atom stereocenters. The van der Waals surface area contributed by atoms with Crippen LogP contribution in [0.1, 0.15) is 18.5 Å². The van der Waals surface area contributed by atoms with E-state index in [1.807, 2.05) is 0 Å². The number of rotatable bonds is 4. The average molecular weight is 350 g/mol. The molecule has 20 heavy (non-hydrogen) atoms. The second-order valence-electron chi connectivity index (χ2n) is 4.24. The Labute approximate surface area is 144 Å². The first-order valence-electron chi connectivity index (χ1n) is 5.64. The Balaban J connectivity index is 0.00000180. The molecule has 5 nitrogen and oxygen atoms in total. The van der Waals surface area contributed by atoms with Crippen LogP contribution in [-0.2, 0) is 47.7 Å². The monoisotopic (exact) mass is 350 g/mol. The summed E-state index contributed by atoms with van der Waals surface area (Å²) < 4.78 is 0. The third kappa shape index (κ3) is 2.79. The number of carbonyl (C=O) groups is 2. The Bertz CT molecular complexity index is 501. The van der Waals surface area contributed by atoms with Gasteiger partial charge < -0.3 is 26.4 Å². The summed E-state index contributed by atoms with van der Waals surface area (Å²) in [7, 11) is 0. The van der Waals surface area contributed by atoms with Crippen LogP contribution in [0.4, 0.5) is 5.69 Å². The number of pyridine rings is 1. The van der Waals surface area contributed by atoms with Crippen LogP contribution >= 0.6 is 0 Å². The number of hydrogen-bond donors (Lipinski definition) is 1. The van der Waals surface area contributed by atoms with Crippen LogP contribution in [0.5, 0.6) is 0 Å². The van der Waals surface area contributed by atoms with Gasteiger partial charge in [-0.15, -0.1) is 0 Å². The molecule has 0 saturated heterocycles. The largest absolute Gasteiger partial charge is 3.00 e. The average Bonchev–Trinajstić information content (AvgIpc) is 2.60. The van der Waals surface area contributed by atoms with E-state index < -0.39 is 11.4 Å². The van der Waals surface area contributed by atoms with Gasteiger partial charge in [0.1, 0.15) is 6.54 Å². The minimum absolute atomic E-state index is 0. The van der Waals surface area contributed by atoms with Crippen molar-refractivity contribution in [1.29, 1.82) is 0 Å². The van der Waals surface area contributed by atoms with Crippen molar-refractivity contribution >= 4 is 17.6 Å². The van der Waals surface area contributed by atoms with E-state index in [1.165, 1.54) is 4.90 Å². The topological polar surface area (TPSA) is 70.5 Å². The molecule has 104 valence electrons. The number of nitrogens with zero attached hydrogens (tertiary/aromatic N) is 2. The number of carbonyl (C=O) groups excluding carboxylic acids is 1. The maximum atomic E-state index is 12.4. The van der Waals surface area contributed by atoms with Crippen molar-refractivity contribution in [3.05, 3.63) is 45.3 Å². The van der Waals surface area contributed by atoms with E-state index in [2.05, 4.69) is 18.8 Å². The van der Waals surface area contributed by atoms with Crippen molar-refractivity contribution in [2.75, 3.05) is 11.4 Å². The minimum Gasteiger partial charge on any atom is -0.480 e. The molecule has 2 rings (SSSR count). The first kappa shape index (κ1) is 19.2. The van der Waals surface area contributed by atoms with Gasteiger partial charge in [0, 0.05) is 11.6 Å². The molecule has 1 amide bonds. The van der Waals surface area contributed by atoms with E-state index in [-0.39, 0.29) is 52.6 Å². The predicted octanol–water partition coefficient (Wildman–Crippen LogP) is 1.65. The Hall–Kier alpha value is -0.806. The zero-order valence-corrected chi connectivity index (χ0v) is 14.3. The summed E-state index contributed by atoms with van der Waals surface area (Å²) in [4.78, 5) is 28.8. The Morgan fingerprint density at radius 1 is 1.40 bits per heavy atom. The fourth-order valence-corrected chi connectivity index (χ4v) is 2.32. The third-order valence-electron chi connectivity index (χ3n) is 3.33. The van der Waals surface area contributed by atoms with Crippen molar-refractivity contribution in [1.82, 2.24) is 4.98 Å². The minimum atomic E-state index is -1.05. The van der Waals surface area contributed by atoms with Crippen molar-refractivity contribution in [2.45, 2.75) is 18.3 Å². The molecule has 0 fully saturated rings. The fourth-order valence-electron chi connectivity index (χ4n) is 2.32. The predicted molar refractivity (Wildman–Crippen MR) is 72.3 cm³/mol. The number of carboxylic acid groups (broad SMARTS) is 1. The van der Waals surface area contributed by atoms with E-state index >= 15 is 0 Å². The van der Waals surface area contributed by atoms with Gasteiger partial charge >= 0.3 is 38.7 Å². The number of anilines is 1. The molecule has 1 aromatic heterocycles. The molecule has 0 aliphatic carbocycles. The van der Waals surface area contributed by atoms with E-state index in [1.54, 1.807) is 18.3 Å². The molecule has 0 atom stereocenters. The van der Waals surface area contributed by atoms with Gasteiger partial charge in [-0.05, 0) is 12.1 Å². The molecule has 1 aromatic rings. The van der Waals surface area contributed by atoms with E-state index in [4.69, 9.17) is 5.11 Å². The molecule has 0 spiro atoms. The number of fused-ring (bicyclic) bond motifs is 1. The van der Waals surface area contributed by atoms with Crippen LogP contribution in [0.3, 0.4) is 0 Å². The summed E-state index contributed by atoms with van der Waals surface area (Å²) in [5.74, 6) is -1.33. The molecule has 1 aliphatic rings. The molecule has 2 heterocycles. The van der Waals surface area contributed by atoms with Crippen molar-refractivity contribution in [3.63, 3.8) is 0 Å². The summed E-state index contributed by atoms with van der Waals surface area (Å²) >= 11 is 0. The number of amides is 1. The number of aromatic nitrogens is 1. The van der Waals surface area contributed by atoms with Gasteiger partial charge in [-0.1, -0.05) is 0 Å². The van der Waals surface area contributed by atoms with Gasteiger partial charge in [0.25, 0.3) is 0 Å². The second kappa shape index (κ2) is 7.27. The number of aliphatic carboxylic acids is 1. The molecule has 0 bridgehead atoms. The number of hydrogen-bond acceptors (Lipinski definition) is 3. The Kier molecular flexibility index (Phi) is 6.98. The van der Waals surface area contributed by atoms with Crippen molar-refractivity contribution in [3.8, 4) is 0 Å². The van der Waals surface area contributed by atoms with Crippen LogP contribution in [0.15, 0.2) is 18.3 Å². The van der Waals surface area contributed by atoms with Gasteiger partial charge in [0.2, 0.25) is 5.91 Å². The smallest absolute Gasteiger partial charge is 0.480 e. The van der Waals surface area contributed by atoms with Crippen molar-refractivity contribution in [2.24, 2.45) is 0 Å². The van der Waals surface area contributed by atoms with Gasteiger partial charge in [-0.25, -0.2) is 0 Å². The Morgan fingerprint density at radius 2 is 2.00 bits per heavy atom. The van der Waals surface area contributed by atoms with Gasteiger partial charge in [0.15, 0.2) is 0 Å². The van der Waals surface area contributed by atoms with Crippen LogP contribution in [0, 0.1) is 21.3 Å². The zero-order valence-electron chi connectivity index (χ0n) is 11.5. The maximum Gasteiger partial charge on any atom is 3.00 e. The third-order valence-corrected chi connectivity index (χ3v) is 3.33. The normalized spacial score (nSPS) is 15.1. The second-order valence-corrected chi connectivity index (χ2v) is 4.24. The molecular formula is C14H17N2O3Y. The molecule has 1 aliphatic heterocycles. The first-order valence-corrected chi connectivity index (χ1v) is 5.64. The molecule has 1 N–H and O–H groups in total. The molecule has 0 saturated carbocycles. The van der Waals surface area contributed by atoms with Gasteiger partial charge in [0.05, 0.1) is 11.4 Å². The quantitative estimate of drug-likeness (QED) is 0.839. The van der Waals surface area contributed by atoms with Gasteiger partial charge in [-0.3, -0.25) is 19.5 Å². The standard InChI is InChI=1S/C13H14N2O3.CH3.Y/c1-3-13(4-2)11-9(6-5-7-14-11)15(12(13)18)8-10(16)17;;/h5-7H,1-4,8H2,(H,16,17);1H3;/q-2;-1;+3. The summed E-state index contributed by atoms with van der Waals surface area (Å²) in [6, 6.07) is 3.39.